The first kappa shape index (κ1) is 17.0. The molecule has 0 bridgehead atoms. The molecule has 1 amide bonds. The summed E-state index contributed by atoms with van der Waals surface area (Å²) < 4.78 is 12.7. The monoisotopic (exact) mass is 334 g/mol. The number of amides is 1. The molecule has 4 nitrogen and oxygen atoms in total. The molecule has 0 aromatic heterocycles. The van der Waals surface area contributed by atoms with E-state index in [0.29, 0.717) is 16.3 Å². The number of halogens is 2. The van der Waals surface area contributed by atoms with E-state index in [9.17, 15) is 9.18 Å². The van der Waals surface area contributed by atoms with Gasteiger partial charge in [0, 0.05) is 0 Å². The van der Waals surface area contributed by atoms with E-state index in [4.69, 9.17) is 16.4 Å². The number of aryl methyl sites for hydroxylation is 2. The summed E-state index contributed by atoms with van der Waals surface area (Å²) in [7, 11) is 0. The number of hydrogen-bond acceptors (Lipinski definition) is 3. The predicted molar refractivity (Wildman–Crippen MR) is 89.5 cm³/mol. The Morgan fingerprint density at radius 2 is 2.00 bits per heavy atom. The van der Waals surface area contributed by atoms with E-state index in [0.717, 1.165) is 11.1 Å². The molecule has 2 aromatic carbocycles. The number of carbonyl (C=O) groups is 1. The highest BCUT2D eigenvalue weighted by molar-refractivity contribution is 6.34. The number of oxime groups is 1. The topological polar surface area (TPSA) is 50.7 Å². The van der Waals surface area contributed by atoms with E-state index in [-0.39, 0.29) is 18.3 Å². The summed E-state index contributed by atoms with van der Waals surface area (Å²) in [6.45, 7) is 3.54. The normalized spacial score (nSPS) is 10.8. The van der Waals surface area contributed by atoms with Crippen LogP contribution in [-0.2, 0) is 9.63 Å². The number of carbonyl (C=O) groups excluding carboxylic acids is 1. The molecule has 23 heavy (non-hydrogen) atoms. The highest BCUT2D eigenvalue weighted by atomic mass is 35.5. The van der Waals surface area contributed by atoms with Crippen molar-refractivity contribution in [1.29, 1.82) is 0 Å². The zero-order valence-electron chi connectivity index (χ0n) is 12.8. The van der Waals surface area contributed by atoms with Crippen molar-refractivity contribution in [2.45, 2.75) is 13.8 Å². The van der Waals surface area contributed by atoms with E-state index < -0.39 is 0 Å². The van der Waals surface area contributed by atoms with Crippen molar-refractivity contribution in [2.24, 2.45) is 5.16 Å². The molecule has 1 N–H and O–H groups in total. The van der Waals surface area contributed by atoms with Crippen LogP contribution in [0.3, 0.4) is 0 Å². The molecule has 0 fully saturated rings. The van der Waals surface area contributed by atoms with Crippen molar-refractivity contribution in [1.82, 2.24) is 0 Å². The number of nitrogens with one attached hydrogen (secondary N) is 1. The Hall–Kier alpha value is -2.40. The number of hydrogen-bond donors (Lipinski definition) is 1. The molecule has 6 heteroatoms. The molecule has 0 aliphatic rings. The molecule has 0 radical (unpaired) electrons. The lowest BCUT2D eigenvalue weighted by Crippen LogP contribution is -2.18. The molecule has 0 heterocycles. The lowest BCUT2D eigenvalue weighted by atomic mass is 10.1. The zero-order valence-corrected chi connectivity index (χ0v) is 13.5. The predicted octanol–water partition coefficient (Wildman–Crippen LogP) is 4.09. The summed E-state index contributed by atoms with van der Waals surface area (Å²) in [6.07, 6.45) is 1.40. The Morgan fingerprint density at radius 3 is 2.65 bits per heavy atom. The van der Waals surface area contributed by atoms with Crippen molar-refractivity contribution in [3.8, 4) is 0 Å². The minimum absolute atomic E-state index is 0.249. The lowest BCUT2D eigenvalue weighted by molar-refractivity contribution is -0.120. The van der Waals surface area contributed by atoms with E-state index in [1.807, 2.05) is 19.9 Å². The van der Waals surface area contributed by atoms with Gasteiger partial charge in [-0.15, -0.1) is 0 Å². The van der Waals surface area contributed by atoms with Crippen molar-refractivity contribution < 1.29 is 14.0 Å². The van der Waals surface area contributed by atoms with E-state index in [1.165, 1.54) is 18.3 Å². The van der Waals surface area contributed by atoms with Gasteiger partial charge in [0.1, 0.15) is 5.82 Å². The number of anilines is 1. The third-order valence-electron chi connectivity index (χ3n) is 3.04. The van der Waals surface area contributed by atoms with Gasteiger partial charge >= 0.3 is 0 Å². The minimum atomic E-state index is -0.366. The van der Waals surface area contributed by atoms with Gasteiger partial charge in [0.15, 0.2) is 6.61 Å². The van der Waals surface area contributed by atoms with Gasteiger partial charge in [0.05, 0.1) is 16.9 Å². The Bertz CT molecular complexity index is 707. The average Bonchev–Trinajstić information content (AvgIpc) is 2.49. The van der Waals surface area contributed by atoms with Crippen LogP contribution in [0.15, 0.2) is 41.6 Å². The van der Waals surface area contributed by atoms with Crippen LogP contribution in [-0.4, -0.2) is 18.7 Å². The van der Waals surface area contributed by atoms with Gasteiger partial charge in [0.25, 0.3) is 5.91 Å². The van der Waals surface area contributed by atoms with Crippen molar-refractivity contribution in [3.63, 3.8) is 0 Å². The molecule has 2 rings (SSSR count). The van der Waals surface area contributed by atoms with Gasteiger partial charge in [-0.2, -0.15) is 0 Å². The second-order valence-electron chi connectivity index (χ2n) is 5.05. The molecule has 0 atom stereocenters. The molecule has 0 saturated heterocycles. The highest BCUT2D eigenvalue weighted by Crippen LogP contribution is 2.27. The molecule has 120 valence electrons. The molecule has 0 unspecified atom stereocenters. The quantitative estimate of drug-likeness (QED) is 0.661. The standard InChI is InChI=1S/C17H16ClFN2O2/c1-11-7-12(2)17(15(18)8-11)21-16(22)10-23-20-9-13-3-5-14(19)6-4-13/h3-9H,10H2,1-2H3,(H,21,22)/b20-9+. The Labute approximate surface area is 138 Å². The largest absolute Gasteiger partial charge is 0.386 e. The van der Waals surface area contributed by atoms with E-state index in [1.54, 1.807) is 18.2 Å². The van der Waals surface area contributed by atoms with Crippen molar-refractivity contribution in [3.05, 3.63) is 63.9 Å². The van der Waals surface area contributed by atoms with Crippen LogP contribution in [0.2, 0.25) is 5.02 Å². The summed E-state index contributed by atoms with van der Waals surface area (Å²) in [5, 5.41) is 6.84. The van der Waals surface area contributed by atoms with Gasteiger partial charge in [0.2, 0.25) is 0 Å². The van der Waals surface area contributed by atoms with E-state index in [2.05, 4.69) is 10.5 Å². The van der Waals surface area contributed by atoms with Crippen LogP contribution in [0.1, 0.15) is 16.7 Å². The summed E-state index contributed by atoms with van der Waals surface area (Å²) in [6, 6.07) is 9.44. The molecular formula is C17H16ClFN2O2. The zero-order chi connectivity index (χ0) is 16.8. The fraction of sp³-hybridized carbons (Fsp3) is 0.176. The van der Waals surface area contributed by atoms with Gasteiger partial charge in [-0.25, -0.2) is 4.39 Å². The molecular weight excluding hydrogens is 319 g/mol. The molecule has 0 aliphatic carbocycles. The highest BCUT2D eigenvalue weighted by Gasteiger charge is 2.09. The maximum Gasteiger partial charge on any atom is 0.265 e. The van der Waals surface area contributed by atoms with Crippen LogP contribution in [0.5, 0.6) is 0 Å². The van der Waals surface area contributed by atoms with Gasteiger partial charge in [-0.05, 0) is 48.7 Å². The van der Waals surface area contributed by atoms with Gasteiger partial charge in [-0.1, -0.05) is 35.0 Å². The maximum atomic E-state index is 12.7. The minimum Gasteiger partial charge on any atom is -0.386 e. The number of benzene rings is 2. The lowest BCUT2D eigenvalue weighted by Gasteiger charge is -2.10. The fourth-order valence-corrected chi connectivity index (χ4v) is 2.36. The third-order valence-corrected chi connectivity index (χ3v) is 3.34. The van der Waals surface area contributed by atoms with Crippen LogP contribution >= 0.6 is 11.6 Å². The smallest absolute Gasteiger partial charge is 0.265 e. The first-order valence-electron chi connectivity index (χ1n) is 6.93. The molecule has 2 aromatic rings. The molecule has 0 spiro atoms. The van der Waals surface area contributed by atoms with Crippen LogP contribution in [0, 0.1) is 19.7 Å². The SMILES string of the molecule is Cc1cc(C)c(NC(=O)CO/N=C/c2ccc(F)cc2)c(Cl)c1. The number of rotatable bonds is 5. The maximum absolute atomic E-state index is 12.7. The summed E-state index contributed by atoms with van der Waals surface area (Å²) >= 11 is 6.12. The summed E-state index contributed by atoms with van der Waals surface area (Å²) in [5.74, 6) is -0.692. The first-order valence-corrected chi connectivity index (χ1v) is 7.31. The van der Waals surface area contributed by atoms with Gasteiger partial charge < -0.3 is 10.2 Å². The van der Waals surface area contributed by atoms with E-state index >= 15 is 0 Å². The average molecular weight is 335 g/mol. The third kappa shape index (κ3) is 5.07. The fourth-order valence-electron chi connectivity index (χ4n) is 1.99. The Kier molecular flexibility index (Phi) is 5.71. The van der Waals surface area contributed by atoms with Crippen molar-refractivity contribution in [2.75, 3.05) is 11.9 Å². The van der Waals surface area contributed by atoms with Crippen molar-refractivity contribution >= 4 is 29.4 Å². The van der Waals surface area contributed by atoms with Crippen LogP contribution in [0.4, 0.5) is 10.1 Å². The molecule has 0 aliphatic heterocycles. The molecule has 0 saturated carbocycles. The second-order valence-corrected chi connectivity index (χ2v) is 5.45. The van der Waals surface area contributed by atoms with Gasteiger partial charge in [-0.3, -0.25) is 4.79 Å². The van der Waals surface area contributed by atoms with Crippen LogP contribution in [0.25, 0.3) is 0 Å². The second kappa shape index (κ2) is 7.74. The Balaban J connectivity index is 1.87. The van der Waals surface area contributed by atoms with Crippen LogP contribution < -0.4 is 5.32 Å². The summed E-state index contributed by atoms with van der Waals surface area (Å²) in [4.78, 5) is 16.8. The first-order chi connectivity index (χ1) is 11.0. The Morgan fingerprint density at radius 1 is 1.30 bits per heavy atom. The summed E-state index contributed by atoms with van der Waals surface area (Å²) in [5.41, 5.74) is 3.13. The number of nitrogens with zero attached hydrogens (tertiary/aromatic N) is 1.